The molecular weight excluding hydrogens is 633 g/mol. The van der Waals surface area contributed by atoms with Gasteiger partial charge in [0, 0.05) is 49.9 Å². The van der Waals surface area contributed by atoms with Gasteiger partial charge >= 0.3 is 0 Å². The highest BCUT2D eigenvalue weighted by molar-refractivity contribution is 6.23. The molecule has 0 fully saturated rings. The van der Waals surface area contributed by atoms with Crippen LogP contribution in [0.5, 0.6) is 0 Å². The highest BCUT2D eigenvalue weighted by Crippen LogP contribution is 2.43. The molecule has 0 N–H and O–H groups in total. The summed E-state index contributed by atoms with van der Waals surface area (Å²) in [6.07, 6.45) is 2.31. The fourth-order valence-electron chi connectivity index (χ4n) is 8.88. The second-order valence-electron chi connectivity index (χ2n) is 13.9. The Kier molecular flexibility index (Phi) is 5.47. The molecule has 0 aliphatic heterocycles. The highest BCUT2D eigenvalue weighted by atomic mass is 15.2. The molecule has 0 saturated carbocycles. The first kappa shape index (κ1) is 27.7. The van der Waals surface area contributed by atoms with Crippen molar-refractivity contribution in [3.63, 3.8) is 0 Å². The quantitative estimate of drug-likeness (QED) is 0.179. The Bertz CT molecular complexity index is 3390. The highest BCUT2D eigenvalue weighted by Gasteiger charge is 2.23. The molecule has 0 unspecified atom stereocenters. The average molecular weight is 663 g/mol. The van der Waals surface area contributed by atoms with Gasteiger partial charge in [0.2, 0.25) is 0 Å². The molecule has 4 heteroatoms. The Morgan fingerprint density at radius 1 is 0.365 bits per heavy atom. The van der Waals surface area contributed by atoms with Gasteiger partial charge in [-0.1, -0.05) is 109 Å². The van der Waals surface area contributed by atoms with Gasteiger partial charge in [-0.05, 0) is 77.9 Å². The van der Waals surface area contributed by atoms with E-state index in [9.17, 15) is 0 Å². The van der Waals surface area contributed by atoms with Crippen molar-refractivity contribution in [1.82, 2.24) is 17.9 Å². The number of rotatable bonds is 3. The number of para-hydroxylation sites is 4. The predicted octanol–water partition coefficient (Wildman–Crippen LogP) is 12.4. The molecule has 7 aromatic carbocycles. The standard InChI is InChI=1S/C48H30N4/c1-3-15-35(16-4-1)50-42-22-12-10-20-38(42)39-27-31(23-25-43(39)50)32-24-26-44-40(28-32)46-47-37-19-9-7-14-34(37)30-49(47)45-29-33-13-8-11-21-41(33)52(45)48(46)51(44)36-17-5-2-6-18-36/h1-30H. The van der Waals surface area contributed by atoms with Gasteiger partial charge in [-0.3, -0.25) is 8.97 Å². The Morgan fingerprint density at radius 2 is 0.923 bits per heavy atom. The van der Waals surface area contributed by atoms with E-state index in [-0.39, 0.29) is 0 Å². The smallest absolute Gasteiger partial charge is 0.134 e. The molecule has 0 atom stereocenters. The first-order valence-electron chi connectivity index (χ1n) is 17.9. The number of hydrogen-bond donors (Lipinski definition) is 0. The summed E-state index contributed by atoms with van der Waals surface area (Å²) in [5.41, 5.74) is 13.1. The van der Waals surface area contributed by atoms with Crippen LogP contribution in [0.25, 0.3) is 99.1 Å². The molecule has 5 aromatic heterocycles. The minimum atomic E-state index is 1.14. The van der Waals surface area contributed by atoms with E-state index < -0.39 is 0 Å². The van der Waals surface area contributed by atoms with E-state index in [1.54, 1.807) is 0 Å². The Balaban J connectivity index is 1.23. The third-order valence-electron chi connectivity index (χ3n) is 11.1. The largest absolute Gasteiger partial charge is 0.309 e. The Labute approximate surface area is 298 Å². The third-order valence-corrected chi connectivity index (χ3v) is 11.1. The molecule has 0 radical (unpaired) electrons. The molecule has 242 valence electrons. The van der Waals surface area contributed by atoms with Crippen LogP contribution in [0.2, 0.25) is 0 Å². The summed E-state index contributed by atoms with van der Waals surface area (Å²) in [4.78, 5) is 0. The van der Waals surface area contributed by atoms with Gasteiger partial charge < -0.3 is 8.97 Å². The molecule has 12 aromatic rings. The van der Waals surface area contributed by atoms with Crippen LogP contribution in [0, 0.1) is 0 Å². The summed E-state index contributed by atoms with van der Waals surface area (Å²) in [5, 5.41) is 8.71. The van der Waals surface area contributed by atoms with Gasteiger partial charge in [-0.15, -0.1) is 0 Å². The minimum Gasteiger partial charge on any atom is -0.309 e. The SMILES string of the molecule is c1ccc(-n2c3ccccc3c3cc(-c4ccc5c(c4)c4c6c7ccccc7cn6c6cc7ccccc7n6c4n5-c4ccccc4)ccc32)cc1. The van der Waals surface area contributed by atoms with E-state index in [1.807, 2.05) is 0 Å². The van der Waals surface area contributed by atoms with Crippen molar-refractivity contribution < 1.29 is 0 Å². The first-order chi connectivity index (χ1) is 25.8. The molecule has 0 spiro atoms. The van der Waals surface area contributed by atoms with E-state index in [0.717, 1.165) is 11.3 Å². The lowest BCUT2D eigenvalue weighted by molar-refractivity contribution is 1.08. The number of benzene rings is 7. The van der Waals surface area contributed by atoms with Gasteiger partial charge in [0.25, 0.3) is 0 Å². The molecule has 0 amide bonds. The van der Waals surface area contributed by atoms with Crippen LogP contribution in [0.3, 0.4) is 0 Å². The van der Waals surface area contributed by atoms with Crippen molar-refractivity contribution in [2.24, 2.45) is 0 Å². The zero-order valence-electron chi connectivity index (χ0n) is 28.1. The predicted molar refractivity (Wildman–Crippen MR) is 217 cm³/mol. The molecule has 5 heterocycles. The molecule has 12 rings (SSSR count). The fraction of sp³-hybridized carbons (Fsp3) is 0. The third kappa shape index (κ3) is 3.65. The number of fused-ring (bicyclic) bond motifs is 15. The van der Waals surface area contributed by atoms with Gasteiger partial charge in [0.1, 0.15) is 11.3 Å². The average Bonchev–Trinajstić information content (AvgIpc) is 3.96. The lowest BCUT2D eigenvalue weighted by atomic mass is 10.0. The van der Waals surface area contributed by atoms with E-state index in [1.165, 1.54) is 87.7 Å². The van der Waals surface area contributed by atoms with Crippen molar-refractivity contribution in [3.05, 3.63) is 182 Å². The normalized spacial score (nSPS) is 12.2. The van der Waals surface area contributed by atoms with E-state index in [4.69, 9.17) is 0 Å². The second-order valence-corrected chi connectivity index (χ2v) is 13.9. The lowest BCUT2D eigenvalue weighted by Gasteiger charge is -2.12. The zero-order chi connectivity index (χ0) is 33.9. The van der Waals surface area contributed by atoms with Gasteiger partial charge in [-0.25, -0.2) is 0 Å². The summed E-state index contributed by atoms with van der Waals surface area (Å²) in [6, 6.07) is 64.2. The van der Waals surface area contributed by atoms with Crippen LogP contribution in [0.15, 0.2) is 182 Å². The second kappa shape index (κ2) is 10.3. The minimum absolute atomic E-state index is 1.14. The van der Waals surface area contributed by atoms with E-state index in [2.05, 4.69) is 200 Å². The fourth-order valence-corrected chi connectivity index (χ4v) is 8.88. The van der Waals surface area contributed by atoms with Gasteiger partial charge in [-0.2, -0.15) is 0 Å². The van der Waals surface area contributed by atoms with Crippen LogP contribution >= 0.6 is 0 Å². The number of nitrogens with zero attached hydrogens (tertiary/aromatic N) is 4. The van der Waals surface area contributed by atoms with Crippen molar-refractivity contribution >= 4 is 76.6 Å². The molecule has 0 aliphatic rings. The maximum Gasteiger partial charge on any atom is 0.134 e. The summed E-state index contributed by atoms with van der Waals surface area (Å²) in [5.74, 6) is 0. The molecule has 0 aliphatic carbocycles. The summed E-state index contributed by atoms with van der Waals surface area (Å²) >= 11 is 0. The molecule has 52 heavy (non-hydrogen) atoms. The monoisotopic (exact) mass is 662 g/mol. The number of aromatic nitrogens is 4. The zero-order valence-corrected chi connectivity index (χ0v) is 28.1. The molecular formula is C48H30N4. The first-order valence-corrected chi connectivity index (χ1v) is 17.9. The van der Waals surface area contributed by atoms with Gasteiger partial charge in [0.15, 0.2) is 0 Å². The maximum atomic E-state index is 2.47. The van der Waals surface area contributed by atoms with Crippen molar-refractivity contribution in [1.29, 1.82) is 0 Å². The lowest BCUT2D eigenvalue weighted by Crippen LogP contribution is -2.01. The topological polar surface area (TPSA) is 18.7 Å². The van der Waals surface area contributed by atoms with Crippen LogP contribution in [0.1, 0.15) is 0 Å². The summed E-state index contributed by atoms with van der Waals surface area (Å²) in [7, 11) is 0. The van der Waals surface area contributed by atoms with Gasteiger partial charge in [0.05, 0.1) is 33.0 Å². The van der Waals surface area contributed by atoms with Crippen LogP contribution in [-0.2, 0) is 0 Å². The summed E-state index contributed by atoms with van der Waals surface area (Å²) < 4.78 is 9.73. The van der Waals surface area contributed by atoms with Crippen molar-refractivity contribution in [3.8, 4) is 22.5 Å². The van der Waals surface area contributed by atoms with Crippen molar-refractivity contribution in [2.45, 2.75) is 0 Å². The van der Waals surface area contributed by atoms with Crippen molar-refractivity contribution in [2.75, 3.05) is 0 Å². The number of hydrogen-bond acceptors (Lipinski definition) is 0. The Hall–Kier alpha value is -7.04. The van der Waals surface area contributed by atoms with Crippen LogP contribution in [-0.4, -0.2) is 17.9 Å². The van der Waals surface area contributed by atoms with Crippen LogP contribution < -0.4 is 0 Å². The molecule has 4 nitrogen and oxygen atoms in total. The molecule has 0 bridgehead atoms. The van der Waals surface area contributed by atoms with E-state index >= 15 is 0 Å². The van der Waals surface area contributed by atoms with E-state index in [0.29, 0.717) is 0 Å². The summed E-state index contributed by atoms with van der Waals surface area (Å²) in [6.45, 7) is 0. The Morgan fingerprint density at radius 3 is 1.67 bits per heavy atom. The maximum absolute atomic E-state index is 2.47. The molecule has 0 saturated heterocycles. The van der Waals surface area contributed by atoms with Crippen LogP contribution in [0.4, 0.5) is 0 Å².